The number of anilines is 2. The second-order valence-electron chi connectivity index (χ2n) is 8.79. The Morgan fingerprint density at radius 2 is 2.12 bits per heavy atom. The van der Waals surface area contributed by atoms with Gasteiger partial charge in [-0.3, -0.25) is 0 Å². The number of aromatic nitrogens is 5. The Kier molecular flexibility index (Phi) is 7.44. The number of aryl methyl sites for hydroxylation is 1. The van der Waals surface area contributed by atoms with Crippen molar-refractivity contribution in [2.75, 3.05) is 29.9 Å². The van der Waals surface area contributed by atoms with Gasteiger partial charge in [0.1, 0.15) is 5.82 Å². The number of fused-ring (bicyclic) bond motifs is 1. The highest BCUT2D eigenvalue weighted by Crippen LogP contribution is 2.35. The van der Waals surface area contributed by atoms with E-state index in [1.165, 1.54) is 11.5 Å². The normalized spacial score (nSPS) is 20.7. The van der Waals surface area contributed by atoms with Gasteiger partial charge in [0.25, 0.3) is 0 Å². The first-order valence-electron chi connectivity index (χ1n) is 11.6. The molecular formula is C22H30F3N7OS. The van der Waals surface area contributed by atoms with Gasteiger partial charge in [0.2, 0.25) is 11.1 Å². The quantitative estimate of drug-likeness (QED) is 0.397. The molecule has 3 heterocycles. The molecule has 1 aliphatic rings. The summed E-state index contributed by atoms with van der Waals surface area (Å²) in [6.45, 7) is 7.95. The Bertz CT molecular complexity index is 1090. The fourth-order valence-corrected chi connectivity index (χ4v) is 5.21. The molecule has 8 nitrogen and oxygen atoms in total. The van der Waals surface area contributed by atoms with Crippen molar-refractivity contribution in [2.45, 2.75) is 58.7 Å². The van der Waals surface area contributed by atoms with E-state index in [1.54, 1.807) is 22.8 Å². The van der Waals surface area contributed by atoms with E-state index in [0.717, 1.165) is 36.9 Å². The van der Waals surface area contributed by atoms with Crippen LogP contribution in [0.3, 0.4) is 0 Å². The molecule has 1 N–H and O–H groups in total. The highest BCUT2D eigenvalue weighted by atomic mass is 32.1. The Morgan fingerprint density at radius 1 is 1.29 bits per heavy atom. The summed E-state index contributed by atoms with van der Waals surface area (Å²) >= 11 is 1.43. The molecule has 34 heavy (non-hydrogen) atoms. The van der Waals surface area contributed by atoms with E-state index in [1.807, 2.05) is 6.92 Å². The molecule has 0 aliphatic heterocycles. The molecule has 3 aromatic rings. The smallest absolute Gasteiger partial charge is 0.389 e. The van der Waals surface area contributed by atoms with Crippen molar-refractivity contribution in [1.82, 2.24) is 24.0 Å². The zero-order valence-corrected chi connectivity index (χ0v) is 20.4. The number of rotatable bonds is 10. The van der Waals surface area contributed by atoms with Crippen LogP contribution in [-0.2, 0) is 0 Å². The van der Waals surface area contributed by atoms with Crippen LogP contribution in [0.25, 0.3) is 5.65 Å². The van der Waals surface area contributed by atoms with Crippen LogP contribution in [0.2, 0.25) is 0 Å². The first-order chi connectivity index (χ1) is 16.2. The molecule has 0 spiro atoms. The summed E-state index contributed by atoms with van der Waals surface area (Å²) in [7, 11) is 0. The highest BCUT2D eigenvalue weighted by molar-refractivity contribution is 7.09. The van der Waals surface area contributed by atoms with Crippen molar-refractivity contribution < 1.29 is 17.9 Å². The standard InChI is InChI=1S/C22H30F3N7OS/c1-4-31(21-26-15(3)30-34-21)13-16-9-8-14(2)18(16)27-20-28-19-17(7-5-11-32(19)29-20)33-12-6-10-22(23,24)25/h5,7,11,14,16,18H,4,6,8-10,12-13H2,1-3H3,(H,27,29)/t14-,16-,18+/m0/s1. The van der Waals surface area contributed by atoms with E-state index in [4.69, 9.17) is 4.74 Å². The van der Waals surface area contributed by atoms with Crippen molar-refractivity contribution in [3.05, 3.63) is 24.2 Å². The maximum absolute atomic E-state index is 12.4. The van der Waals surface area contributed by atoms with Gasteiger partial charge in [-0.25, -0.2) is 9.50 Å². The van der Waals surface area contributed by atoms with Crippen LogP contribution in [0.4, 0.5) is 24.3 Å². The lowest BCUT2D eigenvalue weighted by atomic mass is 9.98. The number of pyridine rings is 1. The molecule has 1 aliphatic carbocycles. The topological polar surface area (TPSA) is 80.5 Å². The van der Waals surface area contributed by atoms with E-state index in [9.17, 15) is 13.2 Å². The number of ether oxygens (including phenoxy) is 1. The maximum atomic E-state index is 12.4. The predicted octanol–water partition coefficient (Wildman–Crippen LogP) is 4.96. The second-order valence-corrected chi connectivity index (χ2v) is 9.52. The predicted molar refractivity (Wildman–Crippen MR) is 126 cm³/mol. The van der Waals surface area contributed by atoms with E-state index < -0.39 is 12.6 Å². The second kappa shape index (κ2) is 10.3. The van der Waals surface area contributed by atoms with E-state index >= 15 is 0 Å². The molecule has 0 amide bonds. The van der Waals surface area contributed by atoms with Gasteiger partial charge >= 0.3 is 6.18 Å². The lowest BCUT2D eigenvalue weighted by molar-refractivity contribution is -0.136. The van der Waals surface area contributed by atoms with Crippen LogP contribution < -0.4 is 15.0 Å². The summed E-state index contributed by atoms with van der Waals surface area (Å²) in [5, 5.41) is 9.00. The fraction of sp³-hybridized carbons (Fsp3) is 0.636. The lowest BCUT2D eigenvalue weighted by Crippen LogP contribution is -2.38. The third kappa shape index (κ3) is 5.89. The zero-order valence-electron chi connectivity index (χ0n) is 19.5. The average molecular weight is 498 g/mol. The summed E-state index contributed by atoms with van der Waals surface area (Å²) in [6, 6.07) is 3.64. The van der Waals surface area contributed by atoms with Gasteiger partial charge in [-0.1, -0.05) is 6.92 Å². The van der Waals surface area contributed by atoms with E-state index in [0.29, 0.717) is 29.2 Å². The van der Waals surface area contributed by atoms with Crippen LogP contribution in [0.5, 0.6) is 5.75 Å². The summed E-state index contributed by atoms with van der Waals surface area (Å²) < 4.78 is 48.7. The fourth-order valence-electron chi connectivity index (χ4n) is 4.47. The number of halogens is 3. The van der Waals surface area contributed by atoms with Gasteiger partial charge in [-0.15, -0.1) is 5.10 Å². The van der Waals surface area contributed by atoms with Crippen molar-refractivity contribution >= 4 is 28.3 Å². The number of hydrogen-bond donors (Lipinski definition) is 1. The molecule has 0 saturated heterocycles. The van der Waals surface area contributed by atoms with E-state index in [-0.39, 0.29) is 19.1 Å². The summed E-state index contributed by atoms with van der Waals surface area (Å²) in [6.07, 6.45) is -1.21. The molecule has 3 aromatic heterocycles. The third-order valence-corrected chi connectivity index (χ3v) is 7.09. The maximum Gasteiger partial charge on any atom is 0.389 e. The molecule has 1 saturated carbocycles. The highest BCUT2D eigenvalue weighted by Gasteiger charge is 2.35. The molecule has 0 aromatic carbocycles. The number of nitrogens with one attached hydrogen (secondary N) is 1. The Morgan fingerprint density at radius 3 is 2.82 bits per heavy atom. The largest absolute Gasteiger partial charge is 0.490 e. The van der Waals surface area contributed by atoms with Gasteiger partial charge < -0.3 is 15.0 Å². The lowest BCUT2D eigenvalue weighted by Gasteiger charge is -2.29. The van der Waals surface area contributed by atoms with Gasteiger partial charge in [0.15, 0.2) is 11.4 Å². The van der Waals surface area contributed by atoms with Gasteiger partial charge in [-0.05, 0) is 57.1 Å². The van der Waals surface area contributed by atoms with Gasteiger partial charge in [0, 0.05) is 43.3 Å². The van der Waals surface area contributed by atoms with Crippen molar-refractivity contribution in [3.8, 4) is 5.75 Å². The molecular weight excluding hydrogens is 467 g/mol. The van der Waals surface area contributed by atoms with Crippen LogP contribution in [-0.4, -0.2) is 55.9 Å². The first-order valence-corrected chi connectivity index (χ1v) is 12.4. The molecule has 0 unspecified atom stereocenters. The first kappa shape index (κ1) is 24.5. The Hall–Kier alpha value is -2.63. The minimum Gasteiger partial charge on any atom is -0.490 e. The Balaban J connectivity index is 1.44. The number of hydrogen-bond acceptors (Lipinski definition) is 8. The zero-order chi connectivity index (χ0) is 24.3. The van der Waals surface area contributed by atoms with Crippen LogP contribution in [0.15, 0.2) is 18.3 Å². The molecule has 186 valence electrons. The minimum absolute atomic E-state index is 0.0333. The van der Waals surface area contributed by atoms with Crippen LogP contribution in [0.1, 0.15) is 45.4 Å². The minimum atomic E-state index is -4.18. The molecule has 0 radical (unpaired) electrons. The van der Waals surface area contributed by atoms with Crippen LogP contribution in [0, 0.1) is 18.8 Å². The molecule has 1 fully saturated rings. The monoisotopic (exact) mass is 497 g/mol. The summed E-state index contributed by atoms with van der Waals surface area (Å²) in [4.78, 5) is 11.4. The third-order valence-electron chi connectivity index (χ3n) is 6.22. The van der Waals surface area contributed by atoms with Crippen molar-refractivity contribution in [1.29, 1.82) is 0 Å². The number of alkyl halides is 3. The average Bonchev–Trinajstić information content (AvgIpc) is 3.49. The Labute approximate surface area is 200 Å². The molecule has 3 atom stereocenters. The SMILES string of the molecule is CCN(C[C@@H]1CC[C@H](C)[C@H]1Nc1nc2c(OCCCC(F)(F)F)cccn2n1)c1nc(C)ns1. The van der Waals surface area contributed by atoms with Crippen molar-refractivity contribution in [3.63, 3.8) is 0 Å². The molecule has 0 bridgehead atoms. The van der Waals surface area contributed by atoms with Gasteiger partial charge in [0.05, 0.1) is 6.61 Å². The van der Waals surface area contributed by atoms with Gasteiger partial charge in [-0.2, -0.15) is 22.5 Å². The number of nitrogens with zero attached hydrogens (tertiary/aromatic N) is 6. The summed E-state index contributed by atoms with van der Waals surface area (Å²) in [5.74, 6) is 2.54. The van der Waals surface area contributed by atoms with E-state index in [2.05, 4.69) is 43.5 Å². The van der Waals surface area contributed by atoms with Crippen molar-refractivity contribution in [2.24, 2.45) is 11.8 Å². The molecule has 12 heteroatoms. The van der Waals surface area contributed by atoms with Crippen LogP contribution >= 0.6 is 11.5 Å². The summed E-state index contributed by atoms with van der Waals surface area (Å²) in [5.41, 5.74) is 0.485. The molecule has 4 rings (SSSR count).